The van der Waals surface area contributed by atoms with Gasteiger partial charge in [0.15, 0.2) is 5.11 Å². The van der Waals surface area contributed by atoms with E-state index in [4.69, 9.17) is 12.2 Å². The second-order valence-corrected chi connectivity index (χ2v) is 5.25. The van der Waals surface area contributed by atoms with Gasteiger partial charge in [-0.15, -0.1) is 0 Å². The van der Waals surface area contributed by atoms with Crippen LogP contribution in [0.25, 0.3) is 0 Å². The average molecular weight is 255 g/mol. The minimum absolute atomic E-state index is 0.519. The van der Waals surface area contributed by atoms with Crippen LogP contribution in [-0.4, -0.2) is 16.9 Å². The van der Waals surface area contributed by atoms with Crippen molar-refractivity contribution in [2.45, 2.75) is 65.3 Å². The molecule has 98 valence electrons. The first-order valence-electron chi connectivity index (χ1n) is 6.79. The van der Waals surface area contributed by atoms with Gasteiger partial charge in [0.1, 0.15) is 0 Å². The zero-order valence-electron chi connectivity index (χ0n) is 11.3. The number of nitrogens with zero attached hydrogens (tertiary/aromatic N) is 1. The minimum atomic E-state index is 0.519. The maximum absolute atomic E-state index is 5.27. The zero-order valence-corrected chi connectivity index (χ0v) is 12.1. The van der Waals surface area contributed by atoms with Crippen LogP contribution in [0.3, 0.4) is 0 Å². The Morgan fingerprint density at radius 1 is 1.24 bits per heavy atom. The molecule has 0 unspecified atom stereocenters. The van der Waals surface area contributed by atoms with E-state index < -0.39 is 0 Å². The van der Waals surface area contributed by atoms with E-state index in [9.17, 15) is 0 Å². The van der Waals surface area contributed by atoms with Gasteiger partial charge in [-0.25, -0.2) is 0 Å². The lowest BCUT2D eigenvalue weighted by molar-refractivity contribution is 0.308. The molecule has 1 aliphatic carbocycles. The van der Waals surface area contributed by atoms with Crippen molar-refractivity contribution in [1.29, 1.82) is 0 Å². The van der Waals surface area contributed by atoms with E-state index in [1.54, 1.807) is 0 Å². The van der Waals surface area contributed by atoms with Crippen LogP contribution in [0.4, 0.5) is 0 Å². The summed E-state index contributed by atoms with van der Waals surface area (Å²) in [5.41, 5.74) is 4.12. The molecule has 1 rings (SSSR count). The summed E-state index contributed by atoms with van der Waals surface area (Å²) < 4.78 is 0. The van der Waals surface area contributed by atoms with Crippen LogP contribution in [0, 0.1) is 5.92 Å². The molecule has 1 saturated carbocycles. The Bertz CT molecular complexity index is 270. The van der Waals surface area contributed by atoms with Crippen LogP contribution in [0.1, 0.15) is 59.3 Å². The third-order valence-corrected chi connectivity index (χ3v) is 3.77. The van der Waals surface area contributed by atoms with Crippen LogP contribution in [0.5, 0.6) is 0 Å². The molecule has 0 aromatic heterocycles. The molecule has 0 aromatic rings. The molecule has 1 fully saturated rings. The van der Waals surface area contributed by atoms with E-state index in [1.807, 2.05) is 0 Å². The fourth-order valence-electron chi connectivity index (χ4n) is 2.27. The van der Waals surface area contributed by atoms with Gasteiger partial charge in [0, 0.05) is 11.8 Å². The molecule has 2 N–H and O–H groups in total. The molecule has 0 heterocycles. The fourth-order valence-corrected chi connectivity index (χ4v) is 2.47. The smallest absolute Gasteiger partial charge is 0.187 e. The summed E-state index contributed by atoms with van der Waals surface area (Å²) in [5, 5.41) is 8.37. The molecule has 2 atom stereocenters. The second-order valence-electron chi connectivity index (χ2n) is 4.84. The van der Waals surface area contributed by atoms with Gasteiger partial charge in [0.2, 0.25) is 0 Å². The number of hydrogen-bond donors (Lipinski definition) is 2. The summed E-state index contributed by atoms with van der Waals surface area (Å²) in [7, 11) is 0. The zero-order chi connectivity index (χ0) is 12.7. The van der Waals surface area contributed by atoms with E-state index in [1.165, 1.54) is 25.7 Å². The lowest BCUT2D eigenvalue weighted by Crippen LogP contribution is -2.44. The summed E-state index contributed by atoms with van der Waals surface area (Å²) in [6, 6.07) is 0.519. The van der Waals surface area contributed by atoms with E-state index >= 15 is 0 Å². The molecular formula is C13H25N3S. The lowest BCUT2D eigenvalue weighted by atomic mass is 9.86. The van der Waals surface area contributed by atoms with E-state index in [-0.39, 0.29) is 0 Å². The Balaban J connectivity index is 2.35. The molecule has 1 aliphatic rings. The van der Waals surface area contributed by atoms with Crippen LogP contribution in [0.15, 0.2) is 5.10 Å². The number of hydrogen-bond acceptors (Lipinski definition) is 2. The summed E-state index contributed by atoms with van der Waals surface area (Å²) in [4.78, 5) is 0. The van der Waals surface area contributed by atoms with Gasteiger partial charge in [0.25, 0.3) is 0 Å². The Kier molecular flexibility index (Phi) is 6.48. The second kappa shape index (κ2) is 7.64. The van der Waals surface area contributed by atoms with Crippen molar-refractivity contribution >= 4 is 23.0 Å². The molecule has 4 heteroatoms. The van der Waals surface area contributed by atoms with Gasteiger partial charge in [-0.2, -0.15) is 5.10 Å². The molecule has 0 aliphatic heterocycles. The maximum Gasteiger partial charge on any atom is 0.187 e. The fraction of sp³-hybridized carbons (Fsp3) is 0.846. The normalized spacial score (nSPS) is 23.9. The van der Waals surface area contributed by atoms with Crippen LogP contribution >= 0.6 is 12.2 Å². The Morgan fingerprint density at radius 3 is 2.47 bits per heavy atom. The molecule has 0 amide bonds. The number of nitrogens with one attached hydrogen (secondary N) is 2. The van der Waals surface area contributed by atoms with Gasteiger partial charge in [-0.1, -0.05) is 33.6 Å². The third-order valence-electron chi connectivity index (χ3n) is 3.56. The summed E-state index contributed by atoms with van der Waals surface area (Å²) >= 11 is 5.27. The predicted octanol–water partition coefficient (Wildman–Crippen LogP) is 3.21. The van der Waals surface area contributed by atoms with Crippen molar-refractivity contribution in [3.63, 3.8) is 0 Å². The molecule has 0 radical (unpaired) electrons. The Morgan fingerprint density at radius 2 is 1.88 bits per heavy atom. The molecule has 0 aromatic carbocycles. The molecule has 0 bridgehead atoms. The highest BCUT2D eigenvalue weighted by Crippen LogP contribution is 2.23. The van der Waals surface area contributed by atoms with Crippen molar-refractivity contribution in [3.8, 4) is 0 Å². The summed E-state index contributed by atoms with van der Waals surface area (Å²) in [6.07, 6.45) is 7.15. The van der Waals surface area contributed by atoms with E-state index in [2.05, 4.69) is 36.6 Å². The quantitative estimate of drug-likeness (QED) is 0.460. The molecule has 3 nitrogen and oxygen atoms in total. The van der Waals surface area contributed by atoms with Crippen LogP contribution in [-0.2, 0) is 0 Å². The standard InChI is InChI=1S/C13H25N3S/c1-4-11(5-2)15-16-13(17)14-12-9-7-6-8-10(12)3/h10,12H,4-9H2,1-3H3,(H2,14,16,17)/t10-,12-/m1/s1. The summed E-state index contributed by atoms with van der Waals surface area (Å²) in [6.45, 7) is 6.53. The van der Waals surface area contributed by atoms with E-state index in [0.717, 1.165) is 18.6 Å². The minimum Gasteiger partial charge on any atom is -0.358 e. The van der Waals surface area contributed by atoms with Crippen LogP contribution in [0.2, 0.25) is 0 Å². The Hall–Kier alpha value is -0.640. The third kappa shape index (κ3) is 5.02. The monoisotopic (exact) mass is 255 g/mol. The Labute approximate surface area is 110 Å². The molecular weight excluding hydrogens is 230 g/mol. The number of thiocarbonyl (C=S) groups is 1. The highest BCUT2D eigenvalue weighted by atomic mass is 32.1. The first kappa shape index (κ1) is 14.4. The van der Waals surface area contributed by atoms with Crippen molar-refractivity contribution in [2.75, 3.05) is 0 Å². The number of hydrazone groups is 1. The predicted molar refractivity (Wildman–Crippen MR) is 78.3 cm³/mol. The van der Waals surface area contributed by atoms with Gasteiger partial charge < -0.3 is 5.32 Å². The molecule has 17 heavy (non-hydrogen) atoms. The topological polar surface area (TPSA) is 36.4 Å². The van der Waals surface area contributed by atoms with Gasteiger partial charge >= 0.3 is 0 Å². The largest absolute Gasteiger partial charge is 0.358 e. The first-order valence-corrected chi connectivity index (χ1v) is 7.20. The SMILES string of the molecule is CCC(CC)=NNC(=S)N[C@@H]1CCCC[C@H]1C. The van der Waals surface area contributed by atoms with Gasteiger partial charge in [-0.3, -0.25) is 5.43 Å². The highest BCUT2D eigenvalue weighted by molar-refractivity contribution is 7.80. The number of rotatable bonds is 4. The molecule has 0 saturated heterocycles. The van der Waals surface area contributed by atoms with Gasteiger partial charge in [0.05, 0.1) is 0 Å². The highest BCUT2D eigenvalue weighted by Gasteiger charge is 2.21. The van der Waals surface area contributed by atoms with Crippen LogP contribution < -0.4 is 10.7 Å². The summed E-state index contributed by atoms with van der Waals surface area (Å²) in [5.74, 6) is 0.712. The van der Waals surface area contributed by atoms with Crippen molar-refractivity contribution in [1.82, 2.24) is 10.7 Å². The van der Waals surface area contributed by atoms with E-state index in [0.29, 0.717) is 17.1 Å². The maximum atomic E-state index is 5.27. The molecule has 0 spiro atoms. The first-order chi connectivity index (χ1) is 8.17. The van der Waals surface area contributed by atoms with Crippen molar-refractivity contribution < 1.29 is 0 Å². The lowest BCUT2D eigenvalue weighted by Gasteiger charge is -2.30. The average Bonchev–Trinajstić information content (AvgIpc) is 2.33. The van der Waals surface area contributed by atoms with Gasteiger partial charge in [-0.05, 0) is 43.8 Å². The van der Waals surface area contributed by atoms with Crippen molar-refractivity contribution in [2.24, 2.45) is 11.0 Å². The van der Waals surface area contributed by atoms with Crippen molar-refractivity contribution in [3.05, 3.63) is 0 Å².